The number of esters is 1. The summed E-state index contributed by atoms with van der Waals surface area (Å²) in [6.45, 7) is 5.45. The normalized spacial score (nSPS) is 20.8. The van der Waals surface area contributed by atoms with Gasteiger partial charge in [0.05, 0.1) is 0 Å². The van der Waals surface area contributed by atoms with Gasteiger partial charge >= 0.3 is 12.1 Å². The summed E-state index contributed by atoms with van der Waals surface area (Å²) < 4.78 is 11.8. The van der Waals surface area contributed by atoms with E-state index in [0.29, 0.717) is 0 Å². The van der Waals surface area contributed by atoms with Crippen LogP contribution in [0.15, 0.2) is 95.9 Å². The van der Waals surface area contributed by atoms with Gasteiger partial charge in [0.25, 0.3) is 0 Å². The van der Waals surface area contributed by atoms with Crippen molar-refractivity contribution in [3.05, 3.63) is 102 Å². The Kier molecular flexibility index (Phi) is 6.75. The predicted octanol–water partition coefficient (Wildman–Crippen LogP) is 6.38. The van der Waals surface area contributed by atoms with E-state index in [1.165, 1.54) is 11.8 Å². The smallest absolute Gasteiger partial charge is 0.412 e. The van der Waals surface area contributed by atoms with Crippen molar-refractivity contribution in [1.82, 2.24) is 4.90 Å². The largest absolute Gasteiger partial charge is 0.453 e. The second-order valence-electron chi connectivity index (χ2n) is 8.79. The fourth-order valence-electron chi connectivity index (χ4n) is 3.79. The van der Waals surface area contributed by atoms with E-state index in [9.17, 15) is 9.59 Å². The number of carbonyl (C=O) groups excluding carboxylic acids is 2. The van der Waals surface area contributed by atoms with E-state index in [-0.39, 0.29) is 0 Å². The van der Waals surface area contributed by atoms with Crippen molar-refractivity contribution in [2.45, 2.75) is 48.8 Å². The highest BCUT2D eigenvalue weighted by Crippen LogP contribution is 2.46. The number of benzene rings is 3. The van der Waals surface area contributed by atoms with Gasteiger partial charge in [-0.15, -0.1) is 0 Å². The third kappa shape index (κ3) is 5.40. The molecule has 170 valence electrons. The highest BCUT2D eigenvalue weighted by Gasteiger charge is 2.49. The molecule has 0 bridgehead atoms. The standard InChI is InChI=1S/C27H27NO4S/c1-27(2,3)32-26(30)28-22(19-13-7-4-8-14-19)23(20-15-9-5-10-16-20)31-25(29)24(28)33-21-17-11-6-12-18-21/h4-18,22-24H,1-3H3/t22-,23+,24+/m0/s1. The monoisotopic (exact) mass is 461 g/mol. The van der Waals surface area contributed by atoms with Crippen LogP contribution in [0.4, 0.5) is 4.79 Å². The summed E-state index contributed by atoms with van der Waals surface area (Å²) in [7, 11) is 0. The molecule has 1 aliphatic rings. The zero-order chi connectivity index (χ0) is 23.4. The fraction of sp³-hybridized carbons (Fsp3) is 0.259. The molecular weight excluding hydrogens is 434 g/mol. The zero-order valence-corrected chi connectivity index (χ0v) is 19.7. The molecule has 1 aliphatic heterocycles. The molecule has 0 aromatic heterocycles. The molecule has 0 saturated carbocycles. The number of thioether (sulfide) groups is 1. The maximum atomic E-state index is 13.6. The number of ether oxygens (including phenoxy) is 2. The molecule has 0 spiro atoms. The van der Waals surface area contributed by atoms with E-state index < -0.39 is 35.2 Å². The lowest BCUT2D eigenvalue weighted by molar-refractivity contribution is -0.168. The predicted molar refractivity (Wildman–Crippen MR) is 129 cm³/mol. The van der Waals surface area contributed by atoms with Crippen molar-refractivity contribution in [3.8, 4) is 0 Å². The van der Waals surface area contributed by atoms with Gasteiger partial charge < -0.3 is 9.47 Å². The van der Waals surface area contributed by atoms with Crippen molar-refractivity contribution in [2.24, 2.45) is 0 Å². The average Bonchev–Trinajstić information content (AvgIpc) is 2.80. The van der Waals surface area contributed by atoms with Gasteiger partial charge in [-0.05, 0) is 44.0 Å². The molecule has 0 aliphatic carbocycles. The van der Waals surface area contributed by atoms with Gasteiger partial charge in [-0.25, -0.2) is 9.59 Å². The number of cyclic esters (lactones) is 1. The minimum Gasteiger partial charge on any atom is -0.453 e. The Hall–Kier alpha value is -3.25. The van der Waals surface area contributed by atoms with E-state index >= 15 is 0 Å². The lowest BCUT2D eigenvalue weighted by atomic mass is 9.93. The van der Waals surface area contributed by atoms with Gasteiger partial charge in [0.15, 0.2) is 11.5 Å². The summed E-state index contributed by atoms with van der Waals surface area (Å²) >= 11 is 1.28. The highest BCUT2D eigenvalue weighted by atomic mass is 32.2. The van der Waals surface area contributed by atoms with Crippen LogP contribution in [-0.4, -0.2) is 27.9 Å². The van der Waals surface area contributed by atoms with E-state index in [2.05, 4.69) is 0 Å². The van der Waals surface area contributed by atoms with Gasteiger partial charge in [0.2, 0.25) is 0 Å². The molecule has 0 N–H and O–H groups in total. The molecule has 1 heterocycles. The van der Waals surface area contributed by atoms with Gasteiger partial charge in [0.1, 0.15) is 11.6 Å². The molecule has 4 rings (SSSR count). The quantitative estimate of drug-likeness (QED) is 0.422. The number of morpholine rings is 1. The van der Waals surface area contributed by atoms with Crippen LogP contribution in [0.1, 0.15) is 44.0 Å². The van der Waals surface area contributed by atoms with Crippen molar-refractivity contribution in [3.63, 3.8) is 0 Å². The second kappa shape index (κ2) is 9.71. The van der Waals surface area contributed by atoms with E-state index in [1.54, 1.807) is 4.90 Å². The van der Waals surface area contributed by atoms with Crippen LogP contribution in [0, 0.1) is 0 Å². The van der Waals surface area contributed by atoms with Crippen molar-refractivity contribution >= 4 is 23.8 Å². The molecule has 3 aromatic rings. The number of carbonyl (C=O) groups is 2. The molecule has 1 amide bonds. The van der Waals surface area contributed by atoms with Crippen molar-refractivity contribution in [2.75, 3.05) is 0 Å². The van der Waals surface area contributed by atoms with E-state index in [4.69, 9.17) is 9.47 Å². The van der Waals surface area contributed by atoms with Crippen LogP contribution in [0.3, 0.4) is 0 Å². The summed E-state index contributed by atoms with van der Waals surface area (Å²) in [5.74, 6) is -0.476. The van der Waals surface area contributed by atoms with E-state index in [0.717, 1.165) is 16.0 Å². The minimum absolute atomic E-state index is 0.476. The molecule has 0 radical (unpaired) electrons. The summed E-state index contributed by atoms with van der Waals surface area (Å²) in [6, 6.07) is 28.1. The van der Waals surface area contributed by atoms with Crippen LogP contribution in [0.2, 0.25) is 0 Å². The van der Waals surface area contributed by atoms with Crippen molar-refractivity contribution < 1.29 is 19.1 Å². The molecule has 1 saturated heterocycles. The summed E-state index contributed by atoms with van der Waals surface area (Å²) in [4.78, 5) is 29.4. The summed E-state index contributed by atoms with van der Waals surface area (Å²) in [5.41, 5.74) is 0.962. The third-order valence-corrected chi connectivity index (χ3v) is 6.34. The Bertz CT molecular complexity index is 1080. The Morgan fingerprint density at radius 2 is 1.36 bits per heavy atom. The molecule has 3 atom stereocenters. The Balaban J connectivity index is 1.83. The van der Waals surface area contributed by atoms with Crippen LogP contribution in [0.25, 0.3) is 0 Å². The summed E-state index contributed by atoms with van der Waals surface area (Å²) in [6.07, 6.45) is -1.22. The first-order chi connectivity index (χ1) is 15.8. The number of hydrogen-bond donors (Lipinski definition) is 0. The first kappa shape index (κ1) is 22.9. The first-order valence-corrected chi connectivity index (χ1v) is 11.7. The highest BCUT2D eigenvalue weighted by molar-refractivity contribution is 8.00. The van der Waals surface area contributed by atoms with Gasteiger partial charge in [0, 0.05) is 4.90 Å². The Morgan fingerprint density at radius 1 is 0.848 bits per heavy atom. The third-order valence-electron chi connectivity index (χ3n) is 5.15. The fourth-order valence-corrected chi connectivity index (χ4v) is 4.84. The minimum atomic E-state index is -0.896. The maximum absolute atomic E-state index is 13.6. The molecule has 6 heteroatoms. The Morgan fingerprint density at radius 3 is 1.91 bits per heavy atom. The van der Waals surface area contributed by atoms with Gasteiger partial charge in [-0.2, -0.15) is 0 Å². The van der Waals surface area contributed by atoms with Crippen LogP contribution >= 0.6 is 11.8 Å². The number of nitrogens with zero attached hydrogens (tertiary/aromatic N) is 1. The SMILES string of the molecule is CC(C)(C)OC(=O)N1[C@H](Sc2ccccc2)C(=O)O[C@H](c2ccccc2)[C@@H]1c1ccccc1. The number of amides is 1. The number of hydrogen-bond acceptors (Lipinski definition) is 5. The average molecular weight is 462 g/mol. The zero-order valence-electron chi connectivity index (χ0n) is 18.9. The lowest BCUT2D eigenvalue weighted by Crippen LogP contribution is -2.54. The van der Waals surface area contributed by atoms with Crippen LogP contribution < -0.4 is 0 Å². The molecule has 0 unspecified atom stereocenters. The molecule has 1 fully saturated rings. The molecule has 5 nitrogen and oxygen atoms in total. The molecule has 33 heavy (non-hydrogen) atoms. The topological polar surface area (TPSA) is 55.8 Å². The van der Waals surface area contributed by atoms with Crippen molar-refractivity contribution in [1.29, 1.82) is 0 Å². The van der Waals surface area contributed by atoms with Gasteiger partial charge in [-0.1, -0.05) is 90.6 Å². The van der Waals surface area contributed by atoms with Crippen LogP contribution in [0.5, 0.6) is 0 Å². The molecule has 3 aromatic carbocycles. The first-order valence-electron chi connectivity index (χ1n) is 10.9. The maximum Gasteiger partial charge on any atom is 0.412 e. The van der Waals surface area contributed by atoms with E-state index in [1.807, 2.05) is 112 Å². The van der Waals surface area contributed by atoms with Crippen LogP contribution in [-0.2, 0) is 14.3 Å². The Labute approximate surface area is 198 Å². The second-order valence-corrected chi connectivity index (χ2v) is 9.95. The summed E-state index contributed by atoms with van der Waals surface area (Å²) in [5, 5.41) is -0.896. The number of rotatable bonds is 4. The lowest BCUT2D eigenvalue weighted by Gasteiger charge is -2.45. The molecular formula is C27H27NO4S. The van der Waals surface area contributed by atoms with Gasteiger partial charge in [-0.3, -0.25) is 4.90 Å².